The number of fused-ring (bicyclic) bond motifs is 6. The van der Waals surface area contributed by atoms with Crippen molar-refractivity contribution >= 4 is 160 Å². The third-order valence-corrected chi connectivity index (χ3v) is 29.9. The van der Waals surface area contributed by atoms with Crippen molar-refractivity contribution in [1.82, 2.24) is 14.8 Å². The molecule has 1 aromatic heterocycles. The number of esters is 2. The first kappa shape index (κ1) is 111. The Hall–Kier alpha value is -13.0. The second-order valence-corrected chi connectivity index (χ2v) is 39.8. The van der Waals surface area contributed by atoms with Crippen molar-refractivity contribution in [2.24, 2.45) is 10.8 Å². The van der Waals surface area contributed by atoms with Gasteiger partial charge in [0.1, 0.15) is 23.8 Å². The molecule has 4 atom stereocenters. The average Bonchev–Trinajstić information content (AvgIpc) is 1.58. The van der Waals surface area contributed by atoms with Crippen LogP contribution in [0.3, 0.4) is 0 Å². The van der Waals surface area contributed by atoms with E-state index >= 15 is 0 Å². The highest BCUT2D eigenvalue weighted by atomic mass is 35.5. The lowest BCUT2D eigenvalue weighted by atomic mass is 9.91. The Labute approximate surface area is 877 Å². The Morgan fingerprint density at radius 2 is 0.759 bits per heavy atom. The van der Waals surface area contributed by atoms with E-state index in [0.29, 0.717) is 102 Å². The summed E-state index contributed by atoms with van der Waals surface area (Å²) in [6.45, 7) is 33.7. The third-order valence-electron chi connectivity index (χ3n) is 26.9. The normalized spacial score (nSPS) is 13.8. The number of aromatic nitrogens is 1. The predicted octanol–water partition coefficient (Wildman–Crippen LogP) is 31.6. The summed E-state index contributed by atoms with van der Waals surface area (Å²) in [4.78, 5) is 115. The molecule has 1 aliphatic carbocycles. The lowest BCUT2D eigenvalue weighted by molar-refractivity contribution is -0.157. The van der Waals surface area contributed by atoms with E-state index in [2.05, 4.69) is 222 Å². The maximum absolute atomic E-state index is 13.3. The quantitative estimate of drug-likeness (QED) is 0.0140. The summed E-state index contributed by atoms with van der Waals surface area (Å²) in [7, 11) is 0. The van der Waals surface area contributed by atoms with Crippen molar-refractivity contribution in [2.45, 2.75) is 195 Å². The van der Waals surface area contributed by atoms with Crippen molar-refractivity contribution in [3.8, 4) is 17.2 Å². The number of carbonyl (C=O) groups is 8. The second-order valence-electron chi connectivity index (χ2n) is 37.2. The molecule has 0 saturated heterocycles. The number of hydrogen-bond donors (Lipinski definition) is 1. The van der Waals surface area contributed by atoms with Crippen LogP contribution < -0.4 is 19.3 Å². The van der Waals surface area contributed by atoms with Gasteiger partial charge < -0.3 is 33.9 Å². The number of aliphatic hydroxyl groups is 1. The van der Waals surface area contributed by atoms with Crippen LogP contribution in [0.2, 0.25) is 20.1 Å². The molecule has 0 bridgehead atoms. The predicted molar refractivity (Wildman–Crippen MR) is 590 cm³/mol. The number of hydrogen-bond acceptors (Lipinski definition) is 17. The SMILES string of the molecule is CCC(C)(C)C(=O)OCC(O)CCN1C(=O)c2cccc3cccc(c23)C1=O.CCC(C)(C)C(=O)OCCCCOc1cccc2ccc(C3C(=O)c4c(Cl)c(Cl)c(Cl)c(Cl)c4C3=O)nc12.CCC(C)c1ccccc1.CCC(C)c1ccccc1.CCC(C)c1ccccc1.CCN1C(=O)c2cccc3cccc(c23)C1=O.CCN1c2ccccc2Oc2ccccc21.CCN1c2ccccc2Sc2ccccc21. The number of imide groups is 2. The molecule has 4 aliphatic heterocycles. The van der Waals surface area contributed by atoms with Crippen LogP contribution in [0, 0.1) is 10.8 Å². The number of carbonyl (C=O) groups excluding carboxylic acids is 8. The maximum Gasteiger partial charge on any atom is 0.311 e. The number of benzene rings is 13. The van der Waals surface area contributed by atoms with Crippen molar-refractivity contribution in [2.75, 3.05) is 55.8 Å². The van der Waals surface area contributed by atoms with Crippen LogP contribution in [-0.2, 0) is 19.1 Å². The highest BCUT2D eigenvalue weighted by molar-refractivity contribution is 7.99. The number of Topliss-reactive ketones (excluding diaryl/α,β-unsaturated/α-hetero) is 2. The number of unbranched alkanes of at least 4 members (excludes halogenated alkanes) is 1. The van der Waals surface area contributed by atoms with Gasteiger partial charge in [-0.1, -0.05) is 320 Å². The van der Waals surface area contributed by atoms with E-state index < -0.39 is 34.4 Å². The van der Waals surface area contributed by atoms with Gasteiger partial charge in [0.2, 0.25) is 0 Å². The summed E-state index contributed by atoms with van der Waals surface area (Å²) in [5.41, 5.74) is 11.1. The first-order valence-corrected chi connectivity index (χ1v) is 52.3. The largest absolute Gasteiger partial charge is 0.491 e. The lowest BCUT2D eigenvalue weighted by Gasteiger charge is -2.31. The van der Waals surface area contributed by atoms with Crippen LogP contribution in [0.1, 0.15) is 263 Å². The molecule has 19 rings (SSSR count). The Morgan fingerprint density at radius 3 is 1.17 bits per heavy atom. The molecule has 18 nitrogen and oxygen atoms in total. The van der Waals surface area contributed by atoms with Crippen molar-refractivity contribution in [1.29, 1.82) is 0 Å². The number of pyridine rings is 1. The van der Waals surface area contributed by atoms with Crippen LogP contribution in [0.15, 0.2) is 301 Å². The minimum absolute atomic E-state index is 0.0458. The first-order valence-electron chi connectivity index (χ1n) is 50.0. The molecule has 23 heteroatoms. The number of para-hydroxylation sites is 7. The fourth-order valence-corrected chi connectivity index (χ4v) is 19.0. The number of anilines is 4. The van der Waals surface area contributed by atoms with Gasteiger partial charge in [-0.25, -0.2) is 4.98 Å². The molecule has 1 N–H and O–H groups in total. The summed E-state index contributed by atoms with van der Waals surface area (Å²) in [5, 5.41) is 13.8. The fraction of sp³-hybridized carbons (Fsp3) is 0.303. The molecule has 0 radical (unpaired) electrons. The number of ether oxygens (including phenoxy) is 4. The van der Waals surface area contributed by atoms with Gasteiger partial charge in [-0.05, 0) is 230 Å². The number of rotatable bonds is 25. The van der Waals surface area contributed by atoms with Crippen LogP contribution in [0.5, 0.6) is 17.2 Å². The van der Waals surface area contributed by atoms with Crippen molar-refractivity contribution < 1.29 is 62.4 Å². The molecular formula is C122H129Cl4N5O13S. The summed E-state index contributed by atoms with van der Waals surface area (Å²) in [6.07, 6.45) is 5.49. The molecule has 754 valence electrons. The number of amides is 4. The van der Waals surface area contributed by atoms with E-state index in [1.165, 1.54) is 62.0 Å². The Kier molecular flexibility index (Phi) is 39.9. The molecule has 5 heterocycles. The van der Waals surface area contributed by atoms with Gasteiger partial charge in [-0.15, -0.1) is 0 Å². The summed E-state index contributed by atoms with van der Waals surface area (Å²) >= 11 is 26.7. The van der Waals surface area contributed by atoms with Crippen LogP contribution in [-0.4, -0.2) is 119 Å². The number of ketones is 2. The zero-order valence-corrected chi connectivity index (χ0v) is 89.0. The Morgan fingerprint density at radius 1 is 0.400 bits per heavy atom. The second kappa shape index (κ2) is 52.2. The molecule has 0 saturated carbocycles. The maximum atomic E-state index is 13.3. The number of aliphatic hydroxyl groups excluding tert-OH is 1. The zero-order chi connectivity index (χ0) is 104. The van der Waals surface area contributed by atoms with E-state index in [4.69, 9.17) is 65.4 Å². The van der Waals surface area contributed by atoms with Gasteiger partial charge in [0, 0.05) is 74.4 Å². The molecular weight excluding hydrogens is 1920 g/mol. The van der Waals surface area contributed by atoms with E-state index in [-0.39, 0.29) is 92.1 Å². The standard InChI is InChI=1S/C28H25Cl4NO5.C22H25NO5.C14H11NO2.C14H13NO.C14H13NS.3C10H14/c1-4-28(2,3)27(36)38-13-6-5-12-37-16-9-7-8-14-10-11-15(33-24(14)16)17-25(34)18-19(26(17)35)21(30)23(32)22(31)20(18)29;1-4-22(2,3)21(27)28-13-15(24)11-12-23-19(25)16-9-5-7-14-8-6-10-17(18(14)16)20(23)26;1-2-15-13(16)10-7-3-5-9-6-4-8-11(12(9)10)14(15)17;2*1-2-15-11-7-3-5-9-13(11)16-14-10-6-4-8-12(14)15;3*1-3-9(2)10-7-5-4-6-8-10/h7-11,17H,4-6,12-13H2,1-3H3;5-10,15,24H,4,11-13H2,1-3H3;3-8H,2H2,1H3;2*3-10H,2H2,1H3;3*4-9H,3H2,1-2H3. The topological polar surface area (TPSA) is 220 Å². The van der Waals surface area contributed by atoms with E-state index in [1.807, 2.05) is 131 Å². The fourth-order valence-electron chi connectivity index (χ4n) is 16.9. The Bertz CT molecular complexity index is 6460. The van der Waals surface area contributed by atoms with Gasteiger partial charge in [0.15, 0.2) is 23.1 Å². The van der Waals surface area contributed by atoms with Gasteiger partial charge in [-0.2, -0.15) is 0 Å². The Balaban J connectivity index is 0.000000155. The van der Waals surface area contributed by atoms with Crippen LogP contribution >= 0.6 is 58.2 Å². The zero-order valence-electron chi connectivity index (χ0n) is 85.2. The molecule has 0 spiro atoms. The third kappa shape index (κ3) is 26.5. The summed E-state index contributed by atoms with van der Waals surface area (Å²) < 4.78 is 22.4. The molecule has 145 heavy (non-hydrogen) atoms. The molecule has 4 amide bonds. The lowest BCUT2D eigenvalue weighted by Crippen LogP contribution is -2.42. The van der Waals surface area contributed by atoms with E-state index in [1.54, 1.807) is 68.4 Å². The highest BCUT2D eigenvalue weighted by Crippen LogP contribution is 2.51. The highest BCUT2D eigenvalue weighted by Gasteiger charge is 2.46. The van der Waals surface area contributed by atoms with Crippen molar-refractivity contribution in [3.05, 3.63) is 367 Å². The van der Waals surface area contributed by atoms with Gasteiger partial charge >= 0.3 is 11.9 Å². The first-order chi connectivity index (χ1) is 69.8. The van der Waals surface area contributed by atoms with Gasteiger partial charge in [0.05, 0.1) is 89.8 Å². The molecule has 0 fully saturated rings. The smallest absolute Gasteiger partial charge is 0.311 e. The molecule has 4 unspecified atom stereocenters. The average molecular weight is 2050 g/mol. The summed E-state index contributed by atoms with van der Waals surface area (Å²) in [5.74, 6) is 0.481. The van der Waals surface area contributed by atoms with Crippen LogP contribution in [0.4, 0.5) is 22.7 Å². The van der Waals surface area contributed by atoms with E-state index in [9.17, 15) is 43.5 Å². The van der Waals surface area contributed by atoms with Gasteiger partial charge in [-0.3, -0.25) is 48.2 Å². The van der Waals surface area contributed by atoms with E-state index in [0.717, 1.165) is 62.4 Å². The minimum Gasteiger partial charge on any atom is -0.491 e. The molecule has 5 aliphatic rings. The van der Waals surface area contributed by atoms with Crippen LogP contribution in [0.25, 0.3) is 32.4 Å². The number of halogens is 4. The number of nitrogens with zero attached hydrogens (tertiary/aromatic N) is 5. The monoisotopic (exact) mass is 2040 g/mol. The molecule has 14 aromatic rings. The summed E-state index contributed by atoms with van der Waals surface area (Å²) in [6, 6.07) is 96.1. The van der Waals surface area contributed by atoms with Crippen molar-refractivity contribution in [3.63, 3.8) is 0 Å². The van der Waals surface area contributed by atoms with Gasteiger partial charge in [0.25, 0.3) is 23.6 Å². The minimum atomic E-state index is -1.23. The molecule has 13 aromatic carbocycles.